The van der Waals surface area contributed by atoms with E-state index >= 15 is 0 Å². The minimum Gasteiger partial charge on any atom is -0.384 e. The Labute approximate surface area is 89.7 Å². The summed E-state index contributed by atoms with van der Waals surface area (Å²) in [6, 6.07) is 3.65. The molecule has 0 bridgehead atoms. The summed E-state index contributed by atoms with van der Waals surface area (Å²) in [6.07, 6.45) is 1.67. The number of halogens is 1. The zero-order chi connectivity index (χ0) is 10.3. The molecule has 0 aliphatic rings. The van der Waals surface area contributed by atoms with Crippen molar-refractivity contribution < 1.29 is 5.11 Å². The van der Waals surface area contributed by atoms with Gasteiger partial charge < -0.3 is 5.11 Å². The van der Waals surface area contributed by atoms with Crippen molar-refractivity contribution in [2.24, 2.45) is 0 Å². The SMILES string of the molecule is CC(C)(O)c1nc2cccnn2c1Br. The van der Waals surface area contributed by atoms with E-state index in [1.165, 1.54) is 0 Å². The molecule has 2 aromatic rings. The summed E-state index contributed by atoms with van der Waals surface area (Å²) < 4.78 is 2.34. The minimum absolute atomic E-state index is 0.594. The monoisotopic (exact) mass is 255 g/mol. The van der Waals surface area contributed by atoms with E-state index in [4.69, 9.17) is 0 Å². The zero-order valence-electron chi connectivity index (χ0n) is 7.90. The van der Waals surface area contributed by atoms with Crippen LogP contribution in [-0.4, -0.2) is 19.7 Å². The number of hydrogen-bond donors (Lipinski definition) is 1. The first kappa shape index (κ1) is 9.61. The Hall–Kier alpha value is -0.940. The number of nitrogens with zero attached hydrogens (tertiary/aromatic N) is 3. The van der Waals surface area contributed by atoms with Gasteiger partial charge in [-0.1, -0.05) is 0 Å². The van der Waals surface area contributed by atoms with Crippen molar-refractivity contribution in [3.05, 3.63) is 28.6 Å². The summed E-state index contributed by atoms with van der Waals surface area (Å²) in [5.74, 6) is 0. The van der Waals surface area contributed by atoms with Crippen LogP contribution in [0.25, 0.3) is 5.65 Å². The number of hydrogen-bond acceptors (Lipinski definition) is 3. The zero-order valence-corrected chi connectivity index (χ0v) is 9.48. The van der Waals surface area contributed by atoms with Gasteiger partial charge in [-0.05, 0) is 41.9 Å². The average molecular weight is 256 g/mol. The maximum atomic E-state index is 9.84. The standard InChI is InChI=1S/C9H10BrN3O/c1-9(2,14)7-8(10)13-6(12-7)4-3-5-11-13/h3-5,14H,1-2H3. The maximum Gasteiger partial charge on any atom is 0.155 e. The summed E-state index contributed by atoms with van der Waals surface area (Å²) in [7, 11) is 0. The van der Waals surface area contributed by atoms with Crippen LogP contribution in [0.15, 0.2) is 22.9 Å². The van der Waals surface area contributed by atoms with Crippen LogP contribution < -0.4 is 0 Å². The molecule has 0 amide bonds. The summed E-state index contributed by atoms with van der Waals surface area (Å²) in [5, 5.41) is 13.9. The van der Waals surface area contributed by atoms with E-state index in [0.29, 0.717) is 10.3 Å². The highest BCUT2D eigenvalue weighted by Gasteiger charge is 2.24. The van der Waals surface area contributed by atoms with E-state index < -0.39 is 5.60 Å². The topological polar surface area (TPSA) is 50.4 Å². The van der Waals surface area contributed by atoms with E-state index in [0.717, 1.165) is 5.65 Å². The molecule has 4 nitrogen and oxygen atoms in total. The van der Waals surface area contributed by atoms with Crippen LogP contribution in [0.4, 0.5) is 0 Å². The number of rotatable bonds is 1. The van der Waals surface area contributed by atoms with Crippen molar-refractivity contribution in [1.82, 2.24) is 14.6 Å². The van der Waals surface area contributed by atoms with Crippen LogP contribution in [0.5, 0.6) is 0 Å². The Morgan fingerprint density at radius 1 is 1.50 bits per heavy atom. The van der Waals surface area contributed by atoms with Crippen molar-refractivity contribution in [3.63, 3.8) is 0 Å². The fourth-order valence-electron chi connectivity index (χ4n) is 1.25. The number of aliphatic hydroxyl groups is 1. The van der Waals surface area contributed by atoms with Gasteiger partial charge in [0.15, 0.2) is 5.65 Å². The molecule has 0 saturated heterocycles. The lowest BCUT2D eigenvalue weighted by atomic mass is 10.1. The molecule has 74 valence electrons. The predicted octanol–water partition coefficient (Wildman–Crippen LogP) is 1.72. The molecule has 0 aliphatic heterocycles. The summed E-state index contributed by atoms with van der Waals surface area (Å²) in [6.45, 7) is 3.39. The van der Waals surface area contributed by atoms with Crippen molar-refractivity contribution >= 4 is 21.6 Å². The van der Waals surface area contributed by atoms with Gasteiger partial charge in [0.2, 0.25) is 0 Å². The fourth-order valence-corrected chi connectivity index (χ4v) is 2.10. The van der Waals surface area contributed by atoms with Crippen LogP contribution in [0.2, 0.25) is 0 Å². The number of fused-ring (bicyclic) bond motifs is 1. The highest BCUT2D eigenvalue weighted by atomic mass is 79.9. The second kappa shape index (κ2) is 3.03. The Morgan fingerprint density at radius 2 is 2.21 bits per heavy atom. The van der Waals surface area contributed by atoms with Crippen LogP contribution in [0.1, 0.15) is 19.5 Å². The van der Waals surface area contributed by atoms with Gasteiger partial charge in [-0.3, -0.25) is 0 Å². The second-order valence-corrected chi connectivity index (χ2v) is 4.36. The highest BCUT2D eigenvalue weighted by molar-refractivity contribution is 9.10. The van der Waals surface area contributed by atoms with Gasteiger partial charge in [0.1, 0.15) is 15.9 Å². The largest absolute Gasteiger partial charge is 0.384 e. The van der Waals surface area contributed by atoms with Crippen LogP contribution >= 0.6 is 15.9 Å². The smallest absolute Gasteiger partial charge is 0.155 e. The Balaban J connectivity index is 2.75. The molecule has 0 unspecified atom stereocenters. The third-order valence-electron chi connectivity index (χ3n) is 1.92. The molecule has 2 aromatic heterocycles. The molecule has 0 aromatic carbocycles. The lowest BCUT2D eigenvalue weighted by Gasteiger charge is -2.13. The van der Waals surface area contributed by atoms with Crippen LogP contribution in [0.3, 0.4) is 0 Å². The van der Waals surface area contributed by atoms with Crippen molar-refractivity contribution in [2.45, 2.75) is 19.4 Å². The molecule has 2 rings (SSSR count). The van der Waals surface area contributed by atoms with Gasteiger partial charge in [-0.25, -0.2) is 9.50 Å². The molecule has 0 fully saturated rings. The lowest BCUT2D eigenvalue weighted by Crippen LogP contribution is -2.16. The van der Waals surface area contributed by atoms with Crippen LogP contribution in [-0.2, 0) is 5.60 Å². The Morgan fingerprint density at radius 3 is 2.79 bits per heavy atom. The van der Waals surface area contributed by atoms with Gasteiger partial charge >= 0.3 is 0 Å². The predicted molar refractivity (Wildman–Crippen MR) is 55.9 cm³/mol. The first-order valence-electron chi connectivity index (χ1n) is 4.22. The van der Waals surface area contributed by atoms with Crippen molar-refractivity contribution in [1.29, 1.82) is 0 Å². The van der Waals surface area contributed by atoms with E-state index in [9.17, 15) is 5.11 Å². The first-order chi connectivity index (χ1) is 6.50. The Kier molecular flexibility index (Phi) is 2.08. The molecule has 0 spiro atoms. The van der Waals surface area contributed by atoms with E-state index in [1.807, 2.05) is 12.1 Å². The Bertz CT molecular complexity index is 472. The minimum atomic E-state index is -0.966. The van der Waals surface area contributed by atoms with Gasteiger partial charge in [0.05, 0.1) is 0 Å². The van der Waals surface area contributed by atoms with E-state index in [2.05, 4.69) is 26.0 Å². The molecular formula is C9H10BrN3O. The average Bonchev–Trinajstić information content (AvgIpc) is 2.44. The third kappa shape index (κ3) is 1.42. The lowest BCUT2D eigenvalue weighted by molar-refractivity contribution is 0.0735. The summed E-state index contributed by atoms with van der Waals surface area (Å²) in [4.78, 5) is 4.29. The molecule has 0 radical (unpaired) electrons. The second-order valence-electron chi connectivity index (χ2n) is 3.60. The molecule has 14 heavy (non-hydrogen) atoms. The van der Waals surface area contributed by atoms with Crippen molar-refractivity contribution in [2.75, 3.05) is 0 Å². The van der Waals surface area contributed by atoms with E-state index in [1.54, 1.807) is 24.6 Å². The number of imidazole rings is 1. The molecule has 0 saturated carbocycles. The molecular weight excluding hydrogens is 246 g/mol. The van der Waals surface area contributed by atoms with Crippen LogP contribution in [0, 0.1) is 0 Å². The van der Waals surface area contributed by atoms with Gasteiger partial charge in [0.25, 0.3) is 0 Å². The van der Waals surface area contributed by atoms with Gasteiger partial charge in [-0.15, -0.1) is 0 Å². The number of aromatic nitrogens is 3. The summed E-state index contributed by atoms with van der Waals surface area (Å²) in [5.41, 5.74) is 0.347. The van der Waals surface area contributed by atoms with E-state index in [-0.39, 0.29) is 0 Å². The normalized spacial score (nSPS) is 12.3. The van der Waals surface area contributed by atoms with Gasteiger partial charge in [-0.2, -0.15) is 5.10 Å². The fraction of sp³-hybridized carbons (Fsp3) is 0.333. The third-order valence-corrected chi connectivity index (χ3v) is 2.63. The molecule has 0 aliphatic carbocycles. The quantitative estimate of drug-likeness (QED) is 0.845. The highest BCUT2D eigenvalue weighted by Crippen LogP contribution is 2.27. The van der Waals surface area contributed by atoms with Crippen molar-refractivity contribution in [3.8, 4) is 0 Å². The molecule has 1 N–H and O–H groups in total. The molecule has 2 heterocycles. The maximum absolute atomic E-state index is 9.84. The molecule has 5 heteroatoms. The first-order valence-corrected chi connectivity index (χ1v) is 5.01. The van der Waals surface area contributed by atoms with Gasteiger partial charge in [0, 0.05) is 6.20 Å². The summed E-state index contributed by atoms with van der Waals surface area (Å²) >= 11 is 3.37. The molecule has 0 atom stereocenters.